The zero-order valence-electron chi connectivity index (χ0n) is 16.9. The summed E-state index contributed by atoms with van der Waals surface area (Å²) in [6.45, 7) is 6.32. The summed E-state index contributed by atoms with van der Waals surface area (Å²) < 4.78 is 12.7. The van der Waals surface area contributed by atoms with Gasteiger partial charge in [0.05, 0.1) is 18.6 Å². The quantitative estimate of drug-likeness (QED) is 0.662. The van der Waals surface area contributed by atoms with E-state index in [2.05, 4.69) is 18.7 Å². The van der Waals surface area contributed by atoms with Gasteiger partial charge in [-0.2, -0.15) is 0 Å². The Morgan fingerprint density at radius 3 is 2.70 bits per heavy atom. The molecule has 6 bridgehead atoms. The number of nitrogens with zero attached hydrogens (tertiary/aromatic N) is 1. The first kappa shape index (κ1) is 16.2. The molecule has 4 aliphatic carbocycles. The van der Waals surface area contributed by atoms with E-state index in [-0.39, 0.29) is 22.9 Å². The van der Waals surface area contributed by atoms with E-state index in [9.17, 15) is 4.79 Å². The minimum atomic E-state index is -0.0395. The van der Waals surface area contributed by atoms with Crippen LogP contribution in [0, 0.1) is 46.3 Å². The highest BCUT2D eigenvalue weighted by Crippen LogP contribution is 2.84. The van der Waals surface area contributed by atoms with Crippen molar-refractivity contribution in [3.8, 4) is 0 Å². The van der Waals surface area contributed by atoms with E-state index in [0.29, 0.717) is 35.4 Å². The molecule has 0 aromatic carbocycles. The largest absolute Gasteiger partial charge is 0.469 e. The fraction of sp³-hybridized carbons (Fsp3) is 0.957. The van der Waals surface area contributed by atoms with Gasteiger partial charge in [-0.1, -0.05) is 13.8 Å². The number of esters is 1. The molecule has 4 unspecified atom stereocenters. The summed E-state index contributed by atoms with van der Waals surface area (Å²) in [5.74, 6) is 3.41. The van der Waals surface area contributed by atoms with Crippen molar-refractivity contribution >= 4 is 5.97 Å². The topological polar surface area (TPSA) is 38.8 Å². The van der Waals surface area contributed by atoms with Crippen molar-refractivity contribution < 1.29 is 14.3 Å². The van der Waals surface area contributed by atoms with Crippen LogP contribution in [-0.4, -0.2) is 42.4 Å². The predicted octanol–water partition coefficient (Wildman–Crippen LogP) is 3.45. The van der Waals surface area contributed by atoms with Gasteiger partial charge in [-0.15, -0.1) is 0 Å². The van der Waals surface area contributed by atoms with Crippen LogP contribution < -0.4 is 0 Å². The predicted molar refractivity (Wildman–Crippen MR) is 99.6 cm³/mol. The molecule has 9 fully saturated rings. The Balaban J connectivity index is 1.53. The fourth-order valence-corrected chi connectivity index (χ4v) is 10.8. The lowest BCUT2D eigenvalue weighted by Gasteiger charge is -2.76. The molecule has 27 heavy (non-hydrogen) atoms. The average molecular weight is 372 g/mol. The summed E-state index contributed by atoms with van der Waals surface area (Å²) in [4.78, 5) is 15.8. The van der Waals surface area contributed by atoms with Crippen LogP contribution >= 0.6 is 0 Å². The highest BCUT2D eigenvalue weighted by molar-refractivity contribution is 5.74. The lowest BCUT2D eigenvalue weighted by molar-refractivity contribution is -0.392. The third kappa shape index (κ3) is 1.35. The first-order chi connectivity index (χ1) is 13.0. The third-order valence-electron chi connectivity index (χ3n) is 11.4. The van der Waals surface area contributed by atoms with Crippen LogP contribution in [0.3, 0.4) is 0 Å². The Morgan fingerprint density at radius 1 is 1.15 bits per heavy atom. The zero-order valence-corrected chi connectivity index (χ0v) is 16.9. The van der Waals surface area contributed by atoms with E-state index in [1.54, 1.807) is 7.11 Å². The summed E-state index contributed by atoms with van der Waals surface area (Å²) in [7, 11) is 1.59. The number of piperidine rings is 1. The molecule has 9 rings (SSSR count). The molecule has 0 N–H and O–H groups in total. The van der Waals surface area contributed by atoms with Gasteiger partial charge in [0.2, 0.25) is 0 Å². The summed E-state index contributed by atoms with van der Waals surface area (Å²) in [6, 6.07) is 0.650. The Morgan fingerprint density at radius 2 is 1.93 bits per heavy atom. The molecule has 2 spiro atoms. The van der Waals surface area contributed by atoms with Gasteiger partial charge in [-0.25, -0.2) is 0 Å². The van der Waals surface area contributed by atoms with Crippen molar-refractivity contribution in [2.24, 2.45) is 46.3 Å². The van der Waals surface area contributed by atoms with Crippen LogP contribution in [0.2, 0.25) is 0 Å². The van der Waals surface area contributed by atoms with Crippen molar-refractivity contribution in [3.63, 3.8) is 0 Å². The van der Waals surface area contributed by atoms with E-state index in [1.807, 2.05) is 0 Å². The lowest BCUT2D eigenvalue weighted by atomic mass is 9.40. The lowest BCUT2D eigenvalue weighted by Crippen LogP contribution is -2.81. The van der Waals surface area contributed by atoms with Crippen molar-refractivity contribution in [3.05, 3.63) is 0 Å². The van der Waals surface area contributed by atoms with Gasteiger partial charge in [0.25, 0.3) is 0 Å². The number of fused-ring (bicyclic) bond motifs is 1. The van der Waals surface area contributed by atoms with Gasteiger partial charge in [-0.3, -0.25) is 9.69 Å². The van der Waals surface area contributed by atoms with Gasteiger partial charge in [0.1, 0.15) is 6.23 Å². The Kier molecular flexibility index (Phi) is 2.75. The number of methoxy groups -OCH3 is 1. The van der Waals surface area contributed by atoms with Crippen LogP contribution in [0.1, 0.15) is 58.8 Å². The van der Waals surface area contributed by atoms with Crippen LogP contribution in [0.15, 0.2) is 0 Å². The highest BCUT2D eigenvalue weighted by atomic mass is 16.5. The van der Waals surface area contributed by atoms with Gasteiger partial charge >= 0.3 is 5.97 Å². The second-order valence-corrected chi connectivity index (χ2v) is 11.4. The molecule has 0 aromatic rings. The van der Waals surface area contributed by atoms with Crippen molar-refractivity contribution in [1.82, 2.24) is 4.90 Å². The molecule has 4 saturated carbocycles. The number of carbonyl (C=O) groups excluding carboxylic acids is 1. The van der Waals surface area contributed by atoms with E-state index in [0.717, 1.165) is 18.3 Å². The number of carbonyl (C=O) groups is 1. The van der Waals surface area contributed by atoms with E-state index in [4.69, 9.17) is 9.47 Å². The third-order valence-corrected chi connectivity index (χ3v) is 11.4. The Bertz CT molecular complexity index is 739. The molecule has 0 radical (unpaired) electrons. The molecule has 0 aromatic heterocycles. The monoisotopic (exact) mass is 371 g/mol. The molecule has 5 aliphatic heterocycles. The first-order valence-corrected chi connectivity index (χ1v) is 11.5. The maximum absolute atomic E-state index is 13.0. The van der Waals surface area contributed by atoms with Crippen molar-refractivity contribution in [2.75, 3.05) is 13.7 Å². The maximum Gasteiger partial charge on any atom is 0.309 e. The zero-order chi connectivity index (χ0) is 18.3. The first-order valence-electron chi connectivity index (χ1n) is 11.5. The molecule has 11 atom stereocenters. The number of hydrogen-bond donors (Lipinski definition) is 0. The van der Waals surface area contributed by atoms with Crippen LogP contribution in [-0.2, 0) is 14.3 Å². The minimum Gasteiger partial charge on any atom is -0.469 e. The van der Waals surface area contributed by atoms with Crippen LogP contribution in [0.4, 0.5) is 0 Å². The Hall–Kier alpha value is -0.610. The summed E-state index contributed by atoms with van der Waals surface area (Å²) in [6.07, 6.45) is 9.19. The highest BCUT2D eigenvalue weighted by Gasteiger charge is 2.88. The number of ether oxygens (including phenoxy) is 2. The SMILES string of the molecule is COC(=O)[C@@H]1CC23[C@@H]4[C@@H]5CC[C@@]2(C)[C@H]2CCC6CC[C@H]1C63OC2N4C[C@H]5C. The molecule has 4 heteroatoms. The summed E-state index contributed by atoms with van der Waals surface area (Å²) >= 11 is 0. The molecule has 148 valence electrons. The van der Waals surface area contributed by atoms with E-state index >= 15 is 0 Å². The van der Waals surface area contributed by atoms with E-state index < -0.39 is 0 Å². The molecule has 0 amide bonds. The molecule has 9 aliphatic rings. The normalized spacial score (nSPS) is 64.7. The molecular formula is C23H33NO3. The minimum absolute atomic E-state index is 0.0395. The van der Waals surface area contributed by atoms with E-state index in [1.165, 1.54) is 45.1 Å². The van der Waals surface area contributed by atoms with Gasteiger partial charge in [-0.05, 0) is 68.1 Å². The molecular weight excluding hydrogens is 338 g/mol. The van der Waals surface area contributed by atoms with Crippen molar-refractivity contribution in [2.45, 2.75) is 76.7 Å². The molecule has 5 saturated heterocycles. The van der Waals surface area contributed by atoms with Crippen LogP contribution in [0.25, 0.3) is 0 Å². The Labute approximate surface area is 162 Å². The smallest absolute Gasteiger partial charge is 0.309 e. The standard InChI is InChI=1S/C23H33NO3/c1-12-11-24-18-14(12)8-9-21(2)17-7-5-13-4-6-16-15(20(25)26-3)10-22(18,21)23(13,16)27-19(17)24/h12-19H,4-11H2,1-3H3/t12-,13?,14-,15-,16-,17+,18+,19?,21+,22?,23?/m1/s1. The summed E-state index contributed by atoms with van der Waals surface area (Å²) in [5, 5.41) is 0. The maximum atomic E-state index is 13.0. The molecule has 4 nitrogen and oxygen atoms in total. The van der Waals surface area contributed by atoms with Gasteiger partial charge < -0.3 is 9.47 Å². The number of hydrogen-bond acceptors (Lipinski definition) is 4. The average Bonchev–Trinajstić information content (AvgIpc) is 3.22. The fourth-order valence-electron chi connectivity index (χ4n) is 10.8. The van der Waals surface area contributed by atoms with Gasteiger partial charge in [0.15, 0.2) is 0 Å². The van der Waals surface area contributed by atoms with Gasteiger partial charge in [0, 0.05) is 29.8 Å². The van der Waals surface area contributed by atoms with Crippen molar-refractivity contribution in [1.29, 1.82) is 0 Å². The second-order valence-electron chi connectivity index (χ2n) is 11.4. The summed E-state index contributed by atoms with van der Waals surface area (Å²) in [5.41, 5.74) is 0.480. The number of rotatable bonds is 1. The van der Waals surface area contributed by atoms with Crippen LogP contribution in [0.5, 0.6) is 0 Å². The molecule has 5 heterocycles. The second kappa shape index (κ2) is 4.59.